The Kier molecular flexibility index (Phi) is 8.87. The highest BCUT2D eigenvalue weighted by molar-refractivity contribution is 5.74. The fourth-order valence-electron chi connectivity index (χ4n) is 3.64. The number of nitrogens with zero attached hydrogens (tertiary/aromatic N) is 3. The minimum absolute atomic E-state index is 0.00998. The Bertz CT molecular complexity index is 906. The molecule has 0 saturated carbocycles. The van der Waals surface area contributed by atoms with Crippen LogP contribution < -0.4 is 10.1 Å². The molecule has 10 heteroatoms. The van der Waals surface area contributed by atoms with Crippen molar-refractivity contribution in [2.45, 2.75) is 44.8 Å². The first kappa shape index (κ1) is 24.8. The largest absolute Gasteiger partial charge is 0.493 e. The van der Waals surface area contributed by atoms with Crippen LogP contribution in [0.3, 0.4) is 0 Å². The highest BCUT2D eigenvalue weighted by Gasteiger charge is 2.28. The molecule has 0 radical (unpaired) electrons. The summed E-state index contributed by atoms with van der Waals surface area (Å²) in [6.07, 6.45) is -0.345. The van der Waals surface area contributed by atoms with Crippen molar-refractivity contribution < 1.29 is 27.1 Å². The summed E-state index contributed by atoms with van der Waals surface area (Å²) in [6.45, 7) is 1.69. The van der Waals surface area contributed by atoms with Gasteiger partial charge in [0.05, 0.1) is 25.0 Å². The van der Waals surface area contributed by atoms with Crippen LogP contribution in [-0.4, -0.2) is 60.0 Å². The maximum Gasteiger partial charge on any atom is 0.318 e. The number of alkyl halides is 2. The normalized spacial score (nSPS) is 15.0. The molecule has 1 aliphatic rings. The number of halogens is 4. The Labute approximate surface area is 190 Å². The third-order valence-electron chi connectivity index (χ3n) is 5.57. The molecule has 0 spiro atoms. The number of aromatic nitrogens is 1. The van der Waals surface area contributed by atoms with E-state index in [4.69, 9.17) is 4.74 Å². The maximum absolute atomic E-state index is 14.2. The van der Waals surface area contributed by atoms with Gasteiger partial charge in [-0.3, -0.25) is 4.98 Å². The van der Waals surface area contributed by atoms with E-state index in [9.17, 15) is 22.4 Å². The fourth-order valence-corrected chi connectivity index (χ4v) is 3.64. The van der Waals surface area contributed by atoms with Crippen LogP contribution in [0, 0.1) is 11.6 Å². The first-order chi connectivity index (χ1) is 15.8. The van der Waals surface area contributed by atoms with Crippen molar-refractivity contribution in [3.05, 3.63) is 59.4 Å². The molecular weight excluding hydrogens is 440 g/mol. The zero-order valence-electron chi connectivity index (χ0n) is 18.4. The summed E-state index contributed by atoms with van der Waals surface area (Å²) >= 11 is 0. The molecule has 0 aliphatic carbocycles. The Balaban J connectivity index is 1.62. The first-order valence-electron chi connectivity index (χ1n) is 10.8. The second-order valence-corrected chi connectivity index (χ2v) is 8.08. The lowest BCUT2D eigenvalue weighted by Gasteiger charge is -2.37. The monoisotopic (exact) mass is 468 g/mol. The van der Waals surface area contributed by atoms with Gasteiger partial charge in [0, 0.05) is 25.1 Å². The van der Waals surface area contributed by atoms with Crippen molar-refractivity contribution >= 4 is 6.03 Å². The molecule has 2 amide bonds. The number of hydrogen-bond acceptors (Lipinski definition) is 4. The third-order valence-corrected chi connectivity index (χ3v) is 5.57. The number of pyridine rings is 1. The van der Waals surface area contributed by atoms with Crippen molar-refractivity contribution in [1.29, 1.82) is 0 Å². The number of benzene rings is 1. The summed E-state index contributed by atoms with van der Waals surface area (Å²) in [5.41, 5.74) is 0.801. The molecule has 2 heterocycles. The number of piperidine rings is 1. The summed E-state index contributed by atoms with van der Waals surface area (Å²) < 4.78 is 57.1. The summed E-state index contributed by atoms with van der Waals surface area (Å²) in [4.78, 5) is 20.6. The minimum atomic E-state index is -2.41. The van der Waals surface area contributed by atoms with Gasteiger partial charge in [0.25, 0.3) is 0 Å². The predicted octanol–water partition coefficient (Wildman–Crippen LogP) is 4.20. The van der Waals surface area contributed by atoms with Crippen LogP contribution in [0.1, 0.15) is 30.5 Å². The second kappa shape index (κ2) is 11.8. The van der Waals surface area contributed by atoms with Gasteiger partial charge in [0.1, 0.15) is 17.4 Å². The van der Waals surface area contributed by atoms with Crippen LogP contribution >= 0.6 is 0 Å². The van der Waals surface area contributed by atoms with Gasteiger partial charge < -0.3 is 19.9 Å². The van der Waals surface area contributed by atoms with Gasteiger partial charge in [-0.25, -0.2) is 22.4 Å². The SMILES string of the molecule is CN1CCC(N(Cc2ncc(F)cc2F)C(=O)NCc2ccc(OCCC(F)F)cc2)CC1. The molecule has 1 aromatic heterocycles. The zero-order valence-corrected chi connectivity index (χ0v) is 18.4. The number of hydrogen-bond donors (Lipinski definition) is 1. The number of ether oxygens (including phenoxy) is 1. The van der Waals surface area contributed by atoms with E-state index in [-0.39, 0.29) is 43.9 Å². The van der Waals surface area contributed by atoms with Crippen LogP contribution in [0.2, 0.25) is 0 Å². The van der Waals surface area contributed by atoms with Crippen LogP contribution in [0.15, 0.2) is 36.5 Å². The molecule has 0 atom stereocenters. The molecule has 1 aliphatic heterocycles. The van der Waals surface area contributed by atoms with Gasteiger partial charge in [-0.2, -0.15) is 0 Å². The van der Waals surface area contributed by atoms with Gasteiger partial charge in [-0.15, -0.1) is 0 Å². The summed E-state index contributed by atoms with van der Waals surface area (Å²) in [5.74, 6) is -1.09. The van der Waals surface area contributed by atoms with Crippen molar-refractivity contribution in [2.75, 3.05) is 26.7 Å². The average molecular weight is 468 g/mol. The third kappa shape index (κ3) is 7.59. The number of likely N-dealkylation sites (tertiary alicyclic amines) is 1. The second-order valence-electron chi connectivity index (χ2n) is 8.08. The van der Waals surface area contributed by atoms with E-state index in [1.165, 1.54) is 0 Å². The van der Waals surface area contributed by atoms with E-state index in [0.717, 1.165) is 43.8 Å². The highest BCUT2D eigenvalue weighted by Crippen LogP contribution is 2.20. The smallest absolute Gasteiger partial charge is 0.318 e. The maximum atomic E-state index is 14.2. The minimum Gasteiger partial charge on any atom is -0.493 e. The molecule has 1 aromatic carbocycles. The first-order valence-corrected chi connectivity index (χ1v) is 10.8. The fraction of sp³-hybridized carbons (Fsp3) is 0.478. The van der Waals surface area contributed by atoms with Crippen molar-refractivity contribution in [2.24, 2.45) is 0 Å². The highest BCUT2D eigenvalue weighted by atomic mass is 19.3. The van der Waals surface area contributed by atoms with Crippen LogP contribution in [0.25, 0.3) is 0 Å². The lowest BCUT2D eigenvalue weighted by atomic mass is 10.0. The Hall–Kier alpha value is -2.88. The number of nitrogens with one attached hydrogen (secondary N) is 1. The molecule has 1 N–H and O–H groups in total. The van der Waals surface area contributed by atoms with Crippen LogP contribution in [-0.2, 0) is 13.1 Å². The molecule has 2 aromatic rings. The quantitative estimate of drug-likeness (QED) is 0.561. The van der Waals surface area contributed by atoms with Gasteiger partial charge in [0.15, 0.2) is 0 Å². The van der Waals surface area contributed by atoms with E-state index in [2.05, 4.69) is 15.2 Å². The summed E-state index contributed by atoms with van der Waals surface area (Å²) in [6, 6.07) is 7.07. The van der Waals surface area contributed by atoms with Gasteiger partial charge in [-0.1, -0.05) is 12.1 Å². The number of urea groups is 1. The molecule has 1 saturated heterocycles. The molecule has 180 valence electrons. The Morgan fingerprint density at radius 2 is 1.94 bits per heavy atom. The Morgan fingerprint density at radius 3 is 2.58 bits per heavy atom. The van der Waals surface area contributed by atoms with Crippen molar-refractivity contribution in [1.82, 2.24) is 20.1 Å². The van der Waals surface area contributed by atoms with Crippen LogP contribution in [0.4, 0.5) is 22.4 Å². The summed E-state index contributed by atoms with van der Waals surface area (Å²) in [7, 11) is 2.00. The van der Waals surface area contributed by atoms with E-state index in [1.54, 1.807) is 29.2 Å². The zero-order chi connectivity index (χ0) is 23.8. The topological polar surface area (TPSA) is 57.7 Å². The lowest BCUT2D eigenvalue weighted by Crippen LogP contribution is -2.49. The number of rotatable bonds is 9. The molecular formula is C23H28F4N4O2. The predicted molar refractivity (Wildman–Crippen MR) is 115 cm³/mol. The van der Waals surface area contributed by atoms with Crippen LogP contribution in [0.5, 0.6) is 5.75 Å². The van der Waals surface area contributed by atoms with Crippen molar-refractivity contribution in [3.8, 4) is 5.75 Å². The van der Waals surface area contributed by atoms with E-state index in [0.29, 0.717) is 5.75 Å². The number of amides is 2. The Morgan fingerprint density at radius 1 is 1.24 bits per heavy atom. The molecule has 3 rings (SSSR count). The molecule has 6 nitrogen and oxygen atoms in total. The van der Waals surface area contributed by atoms with Crippen molar-refractivity contribution in [3.63, 3.8) is 0 Å². The standard InChI is InChI=1S/C23H28F4N4O2/c1-30-9-6-18(7-10-30)31(15-21-20(25)12-17(24)14-28-21)23(32)29-13-16-2-4-19(5-3-16)33-11-8-22(26)27/h2-5,12,14,18,22H,6-11,13,15H2,1H3,(H,29,32). The van der Waals surface area contributed by atoms with E-state index >= 15 is 0 Å². The number of carbonyl (C=O) groups excluding carboxylic acids is 1. The average Bonchev–Trinajstić information content (AvgIpc) is 2.78. The lowest BCUT2D eigenvalue weighted by molar-refractivity contribution is 0.114. The van der Waals surface area contributed by atoms with Gasteiger partial charge >= 0.3 is 6.03 Å². The van der Waals surface area contributed by atoms with Gasteiger partial charge in [-0.05, 0) is 50.7 Å². The molecule has 1 fully saturated rings. The van der Waals surface area contributed by atoms with E-state index in [1.807, 2.05) is 7.05 Å². The van der Waals surface area contributed by atoms with E-state index < -0.39 is 18.1 Å². The number of carbonyl (C=O) groups is 1. The molecule has 0 unspecified atom stereocenters. The van der Waals surface area contributed by atoms with Gasteiger partial charge in [0.2, 0.25) is 6.43 Å². The molecule has 33 heavy (non-hydrogen) atoms. The summed E-state index contributed by atoms with van der Waals surface area (Å²) in [5, 5.41) is 2.85. The molecule has 0 bridgehead atoms.